The molecule has 1 atom stereocenters. The third kappa shape index (κ3) is 9.46. The summed E-state index contributed by atoms with van der Waals surface area (Å²) in [5.74, 6) is 0. The first kappa shape index (κ1) is 13.4. The molecule has 0 fully saturated rings. The Balaban J connectivity index is 3.38. The van der Waals surface area contributed by atoms with Crippen LogP contribution in [-0.2, 0) is 4.74 Å². The maximum atomic E-state index is 9.44. The molecule has 0 amide bonds. The fraction of sp³-hybridized carbons (Fsp3) is 0.900. The van der Waals surface area contributed by atoms with Gasteiger partial charge in [-0.05, 0) is 20.8 Å². The summed E-state index contributed by atoms with van der Waals surface area (Å²) in [6.45, 7) is 7.30. The fourth-order valence-electron chi connectivity index (χ4n) is 0.820. The van der Waals surface area contributed by atoms with E-state index in [4.69, 9.17) is 10.00 Å². The van der Waals surface area contributed by atoms with Gasteiger partial charge in [-0.1, -0.05) is 0 Å². The Labute approximate surface area is 85.9 Å². The van der Waals surface area contributed by atoms with Crippen LogP contribution >= 0.6 is 0 Å². The minimum absolute atomic E-state index is 0.00757. The van der Waals surface area contributed by atoms with Crippen molar-refractivity contribution in [1.82, 2.24) is 5.32 Å². The van der Waals surface area contributed by atoms with E-state index in [9.17, 15) is 5.11 Å². The first-order valence-corrected chi connectivity index (χ1v) is 4.83. The number of aliphatic hydroxyl groups is 1. The fourth-order valence-corrected chi connectivity index (χ4v) is 0.820. The predicted octanol–water partition coefficient (Wildman–Crippen LogP) is 0.666. The second-order valence-electron chi connectivity index (χ2n) is 4.27. The first-order valence-electron chi connectivity index (χ1n) is 4.83. The van der Waals surface area contributed by atoms with Gasteiger partial charge in [-0.2, -0.15) is 5.26 Å². The summed E-state index contributed by atoms with van der Waals surface area (Å²) < 4.78 is 5.09. The van der Waals surface area contributed by atoms with Gasteiger partial charge in [-0.25, -0.2) is 0 Å². The molecule has 0 aromatic carbocycles. The second kappa shape index (κ2) is 6.77. The van der Waals surface area contributed by atoms with Gasteiger partial charge in [-0.3, -0.25) is 0 Å². The molecule has 0 saturated carbocycles. The monoisotopic (exact) mass is 200 g/mol. The Morgan fingerprint density at radius 1 is 1.50 bits per heavy atom. The number of β-amino-alcohol motifs (C(OH)–C–C–N with tert-alkyl or cyclic N) is 1. The van der Waals surface area contributed by atoms with Gasteiger partial charge in [0.05, 0.1) is 31.8 Å². The van der Waals surface area contributed by atoms with Crippen molar-refractivity contribution < 1.29 is 9.84 Å². The molecule has 4 nitrogen and oxygen atoms in total. The highest BCUT2D eigenvalue weighted by molar-refractivity contribution is 4.73. The second-order valence-corrected chi connectivity index (χ2v) is 4.27. The summed E-state index contributed by atoms with van der Waals surface area (Å²) in [5.41, 5.74) is 0.00757. The standard InChI is InChI=1S/C10H20N2O2/c1-10(2,3)12-7-9(13)8-14-6-4-5-11/h9,12-13H,4,6-8H2,1-3H3. The predicted molar refractivity (Wildman–Crippen MR) is 54.8 cm³/mol. The SMILES string of the molecule is CC(C)(C)NCC(O)COCCC#N. The van der Waals surface area contributed by atoms with E-state index in [0.29, 0.717) is 19.6 Å². The zero-order valence-electron chi connectivity index (χ0n) is 9.21. The van der Waals surface area contributed by atoms with Gasteiger partial charge in [0, 0.05) is 12.1 Å². The first-order chi connectivity index (χ1) is 6.45. The highest BCUT2D eigenvalue weighted by atomic mass is 16.5. The lowest BCUT2D eigenvalue weighted by molar-refractivity contribution is 0.0364. The zero-order valence-corrected chi connectivity index (χ0v) is 9.21. The van der Waals surface area contributed by atoms with Crippen LogP contribution in [0.3, 0.4) is 0 Å². The highest BCUT2D eigenvalue weighted by Gasteiger charge is 2.11. The maximum Gasteiger partial charge on any atom is 0.0897 e. The summed E-state index contributed by atoms with van der Waals surface area (Å²) in [5, 5.41) is 20.8. The molecule has 0 aliphatic heterocycles. The number of ether oxygens (including phenoxy) is 1. The van der Waals surface area contributed by atoms with Crippen molar-refractivity contribution in [1.29, 1.82) is 5.26 Å². The zero-order chi connectivity index (χ0) is 11.0. The maximum absolute atomic E-state index is 9.44. The van der Waals surface area contributed by atoms with Gasteiger partial charge < -0.3 is 15.2 Å². The van der Waals surface area contributed by atoms with Crippen molar-refractivity contribution in [2.45, 2.75) is 38.8 Å². The van der Waals surface area contributed by atoms with Gasteiger partial charge in [-0.15, -0.1) is 0 Å². The molecule has 0 aliphatic rings. The van der Waals surface area contributed by atoms with Crippen LogP contribution in [-0.4, -0.2) is 36.5 Å². The normalized spacial score (nSPS) is 13.6. The molecule has 0 rings (SSSR count). The molecule has 2 N–H and O–H groups in total. The summed E-state index contributed by atoms with van der Waals surface area (Å²) >= 11 is 0. The molecular formula is C10H20N2O2. The molecule has 1 unspecified atom stereocenters. The van der Waals surface area contributed by atoms with E-state index < -0.39 is 6.10 Å². The average molecular weight is 200 g/mol. The Morgan fingerprint density at radius 3 is 2.64 bits per heavy atom. The van der Waals surface area contributed by atoms with E-state index >= 15 is 0 Å². The number of hydrogen-bond acceptors (Lipinski definition) is 4. The van der Waals surface area contributed by atoms with Crippen molar-refractivity contribution in [3.63, 3.8) is 0 Å². The number of aliphatic hydroxyl groups excluding tert-OH is 1. The molecule has 0 aromatic heterocycles. The quantitative estimate of drug-likeness (QED) is 0.618. The Kier molecular flexibility index (Phi) is 6.46. The minimum Gasteiger partial charge on any atom is -0.389 e. The number of nitrogens with one attached hydrogen (secondary N) is 1. The number of nitriles is 1. The van der Waals surface area contributed by atoms with Crippen molar-refractivity contribution in [3.8, 4) is 6.07 Å². The highest BCUT2D eigenvalue weighted by Crippen LogP contribution is 1.98. The largest absolute Gasteiger partial charge is 0.389 e. The number of hydrogen-bond donors (Lipinski definition) is 2. The lowest BCUT2D eigenvalue weighted by Crippen LogP contribution is -2.42. The van der Waals surface area contributed by atoms with Crippen LogP contribution in [0.25, 0.3) is 0 Å². The number of rotatable bonds is 6. The molecule has 82 valence electrons. The molecule has 0 saturated heterocycles. The van der Waals surface area contributed by atoms with Crippen molar-refractivity contribution in [2.24, 2.45) is 0 Å². The van der Waals surface area contributed by atoms with Crippen LogP contribution in [0.5, 0.6) is 0 Å². The van der Waals surface area contributed by atoms with Crippen LogP contribution in [0.15, 0.2) is 0 Å². The van der Waals surface area contributed by atoms with E-state index in [0.717, 1.165) is 0 Å². The number of nitrogens with zero attached hydrogens (tertiary/aromatic N) is 1. The summed E-state index contributed by atoms with van der Waals surface area (Å²) in [6.07, 6.45) is -0.132. The van der Waals surface area contributed by atoms with E-state index in [1.165, 1.54) is 0 Å². The van der Waals surface area contributed by atoms with Crippen LogP contribution < -0.4 is 5.32 Å². The summed E-state index contributed by atoms with van der Waals surface area (Å²) in [6, 6.07) is 1.98. The van der Waals surface area contributed by atoms with Crippen LogP contribution in [0.4, 0.5) is 0 Å². The average Bonchev–Trinajstić information content (AvgIpc) is 2.08. The van der Waals surface area contributed by atoms with E-state index in [-0.39, 0.29) is 12.1 Å². The lowest BCUT2D eigenvalue weighted by Gasteiger charge is -2.22. The molecule has 0 aromatic rings. The van der Waals surface area contributed by atoms with Crippen molar-refractivity contribution in [2.75, 3.05) is 19.8 Å². The van der Waals surface area contributed by atoms with E-state index in [1.54, 1.807) is 0 Å². The van der Waals surface area contributed by atoms with E-state index in [2.05, 4.69) is 5.32 Å². The molecule has 0 heterocycles. The summed E-state index contributed by atoms with van der Waals surface area (Å²) in [7, 11) is 0. The molecule has 0 radical (unpaired) electrons. The lowest BCUT2D eigenvalue weighted by atomic mass is 10.1. The van der Waals surface area contributed by atoms with Crippen LogP contribution in [0.1, 0.15) is 27.2 Å². The Morgan fingerprint density at radius 2 is 2.14 bits per heavy atom. The Hall–Kier alpha value is -0.630. The Bertz CT molecular complexity index is 182. The summed E-state index contributed by atoms with van der Waals surface area (Å²) in [4.78, 5) is 0. The third-order valence-corrected chi connectivity index (χ3v) is 1.54. The molecule has 14 heavy (non-hydrogen) atoms. The molecule has 0 spiro atoms. The van der Waals surface area contributed by atoms with Gasteiger partial charge in [0.25, 0.3) is 0 Å². The molecule has 4 heteroatoms. The van der Waals surface area contributed by atoms with Gasteiger partial charge in [0.1, 0.15) is 0 Å². The minimum atomic E-state index is -0.507. The van der Waals surface area contributed by atoms with E-state index in [1.807, 2.05) is 26.8 Å². The van der Waals surface area contributed by atoms with Gasteiger partial charge >= 0.3 is 0 Å². The molecule has 0 bridgehead atoms. The van der Waals surface area contributed by atoms with Gasteiger partial charge in [0.15, 0.2) is 0 Å². The molecular weight excluding hydrogens is 180 g/mol. The van der Waals surface area contributed by atoms with Crippen LogP contribution in [0, 0.1) is 11.3 Å². The van der Waals surface area contributed by atoms with Crippen molar-refractivity contribution >= 4 is 0 Å². The molecule has 0 aliphatic carbocycles. The third-order valence-electron chi connectivity index (χ3n) is 1.54. The smallest absolute Gasteiger partial charge is 0.0897 e. The topological polar surface area (TPSA) is 65.3 Å². The van der Waals surface area contributed by atoms with Crippen molar-refractivity contribution in [3.05, 3.63) is 0 Å². The van der Waals surface area contributed by atoms with Crippen LogP contribution in [0.2, 0.25) is 0 Å². The van der Waals surface area contributed by atoms with Gasteiger partial charge in [0.2, 0.25) is 0 Å².